The fourth-order valence-corrected chi connectivity index (χ4v) is 3.78. The third-order valence-corrected chi connectivity index (χ3v) is 5.15. The summed E-state index contributed by atoms with van der Waals surface area (Å²) in [4.78, 5) is 13.4. The van der Waals surface area contributed by atoms with E-state index in [2.05, 4.69) is 0 Å². The number of ether oxygens (including phenoxy) is 1. The molecule has 0 atom stereocenters. The largest absolute Gasteiger partial charge is 0.448 e. The second-order valence-corrected chi connectivity index (χ2v) is 6.84. The molecule has 122 valence electrons. The van der Waals surface area contributed by atoms with E-state index in [-0.39, 0.29) is 5.97 Å². The van der Waals surface area contributed by atoms with Crippen molar-refractivity contribution in [2.24, 2.45) is 0 Å². The van der Waals surface area contributed by atoms with E-state index in [1.807, 2.05) is 91.0 Å². The SMILES string of the molecule is O=C(OC(c1ccccc1)c1ccccc1)c1cc2ccccc2s1. The van der Waals surface area contributed by atoms with Crippen molar-refractivity contribution in [2.75, 3.05) is 0 Å². The molecule has 1 aromatic heterocycles. The van der Waals surface area contributed by atoms with E-state index in [0.29, 0.717) is 4.88 Å². The Morgan fingerprint density at radius 1 is 0.760 bits per heavy atom. The zero-order valence-corrected chi connectivity index (χ0v) is 14.3. The first kappa shape index (κ1) is 15.6. The molecule has 4 aromatic rings. The molecule has 0 radical (unpaired) electrons. The highest BCUT2D eigenvalue weighted by molar-refractivity contribution is 7.20. The van der Waals surface area contributed by atoms with Gasteiger partial charge in [0.2, 0.25) is 0 Å². The average molecular weight is 344 g/mol. The van der Waals surface area contributed by atoms with Crippen LogP contribution in [0.3, 0.4) is 0 Å². The van der Waals surface area contributed by atoms with E-state index in [4.69, 9.17) is 4.74 Å². The van der Waals surface area contributed by atoms with E-state index >= 15 is 0 Å². The zero-order valence-electron chi connectivity index (χ0n) is 13.5. The predicted molar refractivity (Wildman–Crippen MR) is 102 cm³/mol. The summed E-state index contributed by atoms with van der Waals surface area (Å²) in [6.07, 6.45) is -0.417. The first-order valence-electron chi connectivity index (χ1n) is 8.11. The van der Waals surface area contributed by atoms with Crippen molar-refractivity contribution in [1.82, 2.24) is 0 Å². The maximum absolute atomic E-state index is 12.8. The molecule has 25 heavy (non-hydrogen) atoms. The van der Waals surface area contributed by atoms with Crippen LogP contribution in [-0.4, -0.2) is 5.97 Å². The second-order valence-electron chi connectivity index (χ2n) is 5.76. The van der Waals surface area contributed by atoms with E-state index in [1.165, 1.54) is 11.3 Å². The smallest absolute Gasteiger partial charge is 0.349 e. The minimum Gasteiger partial charge on any atom is -0.448 e. The van der Waals surface area contributed by atoms with Gasteiger partial charge in [0.25, 0.3) is 0 Å². The molecule has 0 aliphatic heterocycles. The second kappa shape index (κ2) is 6.91. The third-order valence-electron chi connectivity index (χ3n) is 4.06. The average Bonchev–Trinajstić information content (AvgIpc) is 3.12. The van der Waals surface area contributed by atoms with Gasteiger partial charge in [0.1, 0.15) is 4.88 Å². The molecule has 0 unspecified atom stereocenters. The number of esters is 1. The molecule has 3 heteroatoms. The number of carbonyl (C=O) groups excluding carboxylic acids is 1. The highest BCUT2D eigenvalue weighted by Crippen LogP contribution is 2.30. The molecule has 0 N–H and O–H groups in total. The molecule has 0 saturated heterocycles. The predicted octanol–water partition coefficient (Wildman–Crippen LogP) is 5.85. The Kier molecular flexibility index (Phi) is 4.32. The first-order valence-corrected chi connectivity index (χ1v) is 8.92. The maximum atomic E-state index is 12.8. The monoisotopic (exact) mass is 344 g/mol. The number of hydrogen-bond acceptors (Lipinski definition) is 3. The van der Waals surface area contributed by atoms with E-state index in [0.717, 1.165) is 21.2 Å². The molecule has 0 aliphatic carbocycles. The van der Waals surface area contributed by atoms with Gasteiger partial charge in [-0.15, -0.1) is 11.3 Å². The molecule has 0 bridgehead atoms. The van der Waals surface area contributed by atoms with Crippen molar-refractivity contribution < 1.29 is 9.53 Å². The number of fused-ring (bicyclic) bond motifs is 1. The molecule has 2 nitrogen and oxygen atoms in total. The van der Waals surface area contributed by atoms with Gasteiger partial charge in [-0.25, -0.2) is 4.79 Å². The van der Waals surface area contributed by atoms with Gasteiger partial charge in [0.05, 0.1) is 0 Å². The topological polar surface area (TPSA) is 26.3 Å². The lowest BCUT2D eigenvalue weighted by atomic mass is 10.0. The lowest BCUT2D eigenvalue weighted by molar-refractivity contribution is 0.0384. The van der Waals surface area contributed by atoms with Gasteiger partial charge >= 0.3 is 5.97 Å². The van der Waals surface area contributed by atoms with Crippen LogP contribution < -0.4 is 0 Å². The summed E-state index contributed by atoms with van der Waals surface area (Å²) in [5, 5.41) is 1.07. The van der Waals surface area contributed by atoms with Crippen molar-refractivity contribution in [1.29, 1.82) is 0 Å². The number of thiophene rings is 1. The van der Waals surface area contributed by atoms with Gasteiger partial charge in [-0.05, 0) is 28.6 Å². The number of rotatable bonds is 4. The summed E-state index contributed by atoms with van der Waals surface area (Å²) in [6, 6.07) is 29.5. The Balaban J connectivity index is 1.67. The molecule has 3 aromatic carbocycles. The van der Waals surface area contributed by atoms with Crippen molar-refractivity contribution >= 4 is 27.4 Å². The molecule has 0 spiro atoms. The summed E-state index contributed by atoms with van der Waals surface area (Å²) in [6.45, 7) is 0. The lowest BCUT2D eigenvalue weighted by Crippen LogP contribution is -2.12. The van der Waals surface area contributed by atoms with Crippen LogP contribution in [0.25, 0.3) is 10.1 Å². The van der Waals surface area contributed by atoms with Crippen molar-refractivity contribution in [3.63, 3.8) is 0 Å². The fraction of sp³-hybridized carbons (Fsp3) is 0.0455. The van der Waals surface area contributed by atoms with Crippen LogP contribution >= 0.6 is 11.3 Å². The number of benzene rings is 3. The summed E-state index contributed by atoms with van der Waals surface area (Å²) >= 11 is 1.46. The standard InChI is InChI=1S/C22H16O2S/c23-22(20-15-18-13-7-8-14-19(18)25-20)24-21(16-9-3-1-4-10-16)17-11-5-2-6-12-17/h1-15,21H. The Morgan fingerprint density at radius 3 is 1.92 bits per heavy atom. The van der Waals surface area contributed by atoms with Crippen LogP contribution in [0.2, 0.25) is 0 Å². The Morgan fingerprint density at radius 2 is 1.32 bits per heavy atom. The third kappa shape index (κ3) is 3.32. The molecule has 1 heterocycles. The highest BCUT2D eigenvalue weighted by Gasteiger charge is 2.21. The van der Waals surface area contributed by atoms with Gasteiger partial charge < -0.3 is 4.74 Å². The Hall–Kier alpha value is -2.91. The van der Waals surface area contributed by atoms with Crippen LogP contribution in [0.4, 0.5) is 0 Å². The molecule has 4 rings (SSSR count). The van der Waals surface area contributed by atoms with E-state index in [1.54, 1.807) is 0 Å². The summed E-state index contributed by atoms with van der Waals surface area (Å²) in [7, 11) is 0. The van der Waals surface area contributed by atoms with Crippen molar-refractivity contribution in [3.05, 3.63) is 107 Å². The summed E-state index contributed by atoms with van der Waals surface area (Å²) < 4.78 is 7.00. The Labute approximate surface area is 150 Å². The van der Waals surface area contributed by atoms with Crippen molar-refractivity contribution in [3.8, 4) is 0 Å². The van der Waals surface area contributed by atoms with E-state index in [9.17, 15) is 4.79 Å². The minimum atomic E-state index is -0.417. The highest BCUT2D eigenvalue weighted by atomic mass is 32.1. The molecule has 0 fully saturated rings. The molecular formula is C22H16O2S. The summed E-state index contributed by atoms with van der Waals surface area (Å²) in [5.41, 5.74) is 1.92. The first-order chi connectivity index (χ1) is 12.3. The van der Waals surface area contributed by atoms with Gasteiger partial charge in [-0.1, -0.05) is 78.9 Å². The van der Waals surface area contributed by atoms with Gasteiger partial charge in [0, 0.05) is 4.70 Å². The maximum Gasteiger partial charge on any atom is 0.349 e. The number of carbonyl (C=O) groups is 1. The van der Waals surface area contributed by atoms with Crippen LogP contribution in [0.1, 0.15) is 26.9 Å². The molecule has 0 saturated carbocycles. The number of hydrogen-bond donors (Lipinski definition) is 0. The fourth-order valence-electron chi connectivity index (χ4n) is 2.83. The van der Waals surface area contributed by atoms with E-state index < -0.39 is 6.10 Å². The van der Waals surface area contributed by atoms with Crippen LogP contribution in [-0.2, 0) is 4.74 Å². The van der Waals surface area contributed by atoms with Crippen LogP contribution in [0.5, 0.6) is 0 Å². The van der Waals surface area contributed by atoms with Gasteiger partial charge in [-0.2, -0.15) is 0 Å². The van der Waals surface area contributed by atoms with Gasteiger partial charge in [0.15, 0.2) is 6.10 Å². The van der Waals surface area contributed by atoms with Crippen molar-refractivity contribution in [2.45, 2.75) is 6.10 Å². The molecule has 0 aliphatic rings. The van der Waals surface area contributed by atoms with Crippen LogP contribution in [0.15, 0.2) is 91.0 Å². The summed E-state index contributed by atoms with van der Waals surface area (Å²) in [5.74, 6) is -0.293. The van der Waals surface area contributed by atoms with Crippen LogP contribution in [0, 0.1) is 0 Å². The zero-order chi connectivity index (χ0) is 17.1. The minimum absolute atomic E-state index is 0.293. The quantitative estimate of drug-likeness (QED) is 0.434. The Bertz CT molecular complexity index is 918. The molecular weight excluding hydrogens is 328 g/mol. The molecule has 0 amide bonds. The normalized spacial score (nSPS) is 10.9. The lowest BCUT2D eigenvalue weighted by Gasteiger charge is -2.18. The van der Waals surface area contributed by atoms with Gasteiger partial charge in [-0.3, -0.25) is 0 Å².